The maximum Gasteiger partial charge on any atom is 0.312 e. The lowest BCUT2D eigenvalue weighted by atomic mass is 9.47. The molecule has 2 aliphatic heterocycles. The van der Waals surface area contributed by atoms with Crippen molar-refractivity contribution in [2.75, 3.05) is 20.2 Å². The Morgan fingerprint density at radius 3 is 2.89 bits per heavy atom. The first-order valence-electron chi connectivity index (χ1n) is 10.6. The number of carbonyl (C=O) groups is 1. The van der Waals surface area contributed by atoms with E-state index in [1.807, 2.05) is 6.07 Å². The maximum absolute atomic E-state index is 12.6. The Labute approximate surface area is 164 Å². The van der Waals surface area contributed by atoms with Crippen molar-refractivity contribution in [3.63, 3.8) is 0 Å². The highest BCUT2D eigenvalue weighted by molar-refractivity contribution is 5.75. The molecular weight excluding hydrogens is 358 g/mol. The van der Waals surface area contributed by atoms with Gasteiger partial charge in [-0.1, -0.05) is 6.07 Å². The fourth-order valence-corrected chi connectivity index (χ4v) is 6.87. The summed E-state index contributed by atoms with van der Waals surface area (Å²) in [6.07, 6.45) is 4.72. The van der Waals surface area contributed by atoms with E-state index < -0.39 is 23.0 Å². The van der Waals surface area contributed by atoms with Crippen LogP contribution in [0, 0.1) is 11.8 Å². The van der Waals surface area contributed by atoms with Gasteiger partial charge >= 0.3 is 5.97 Å². The molecule has 2 bridgehead atoms. The second-order valence-electron chi connectivity index (χ2n) is 9.46. The lowest BCUT2D eigenvalue weighted by Gasteiger charge is -2.64. The highest BCUT2D eigenvalue weighted by Gasteiger charge is 2.73. The SMILES string of the molecule is COC(=O)C1CC[C@@]2(O)[C@H]3Cc4ccc(O)c5c4[C@@]2(CCN3CC2CC2)C1O5. The van der Waals surface area contributed by atoms with Gasteiger partial charge in [0.25, 0.3) is 0 Å². The van der Waals surface area contributed by atoms with Gasteiger partial charge in [0.05, 0.1) is 24.0 Å². The number of esters is 1. The second-order valence-corrected chi connectivity index (χ2v) is 9.46. The van der Waals surface area contributed by atoms with Gasteiger partial charge in [-0.15, -0.1) is 0 Å². The molecule has 1 aromatic rings. The molecule has 28 heavy (non-hydrogen) atoms. The Hall–Kier alpha value is -1.79. The van der Waals surface area contributed by atoms with Gasteiger partial charge in [-0.05, 0) is 62.6 Å². The number of nitrogens with zero attached hydrogens (tertiary/aromatic N) is 1. The summed E-state index contributed by atoms with van der Waals surface area (Å²) >= 11 is 0. The molecular formula is C22H27NO5. The van der Waals surface area contributed by atoms with Gasteiger partial charge in [-0.2, -0.15) is 0 Å². The fourth-order valence-electron chi connectivity index (χ4n) is 6.87. The Bertz CT molecular complexity index is 867. The zero-order chi connectivity index (χ0) is 19.3. The Balaban J connectivity index is 1.54. The predicted octanol–water partition coefficient (Wildman–Crippen LogP) is 1.75. The number of benzene rings is 1. The first-order chi connectivity index (χ1) is 13.5. The lowest BCUT2D eigenvalue weighted by Crippen LogP contribution is -2.76. The number of aliphatic hydroxyl groups is 1. The minimum Gasteiger partial charge on any atom is -0.504 e. The van der Waals surface area contributed by atoms with Crippen LogP contribution in [0.25, 0.3) is 0 Å². The van der Waals surface area contributed by atoms with Crippen molar-refractivity contribution < 1.29 is 24.5 Å². The number of hydrogen-bond donors (Lipinski definition) is 2. The van der Waals surface area contributed by atoms with Crippen molar-refractivity contribution in [3.05, 3.63) is 23.3 Å². The molecule has 1 aromatic carbocycles. The first kappa shape index (κ1) is 17.1. The summed E-state index contributed by atoms with van der Waals surface area (Å²) in [5, 5.41) is 22.7. The number of ether oxygens (including phenoxy) is 2. The number of piperidine rings is 1. The highest BCUT2D eigenvalue weighted by Crippen LogP contribution is 2.66. The molecule has 0 aromatic heterocycles. The van der Waals surface area contributed by atoms with E-state index in [1.54, 1.807) is 6.07 Å². The van der Waals surface area contributed by atoms with Crippen molar-refractivity contribution in [1.29, 1.82) is 0 Å². The molecule has 2 unspecified atom stereocenters. The molecule has 6 nitrogen and oxygen atoms in total. The van der Waals surface area contributed by atoms with E-state index in [0.717, 1.165) is 43.0 Å². The van der Waals surface area contributed by atoms with E-state index in [0.29, 0.717) is 18.6 Å². The van der Waals surface area contributed by atoms with Crippen molar-refractivity contribution in [2.24, 2.45) is 11.8 Å². The molecule has 3 aliphatic carbocycles. The third kappa shape index (κ3) is 1.88. The topological polar surface area (TPSA) is 79.2 Å². The minimum absolute atomic E-state index is 0.0366. The third-order valence-corrected chi connectivity index (χ3v) is 8.27. The molecule has 0 amide bonds. The number of aromatic hydroxyl groups is 1. The van der Waals surface area contributed by atoms with Crippen molar-refractivity contribution in [3.8, 4) is 11.5 Å². The normalized spacial score (nSPS) is 40.6. The van der Waals surface area contributed by atoms with Crippen LogP contribution in [0.2, 0.25) is 0 Å². The lowest BCUT2D eigenvalue weighted by molar-refractivity contribution is -0.203. The number of carbonyl (C=O) groups excluding carboxylic acids is 1. The smallest absolute Gasteiger partial charge is 0.312 e. The van der Waals surface area contributed by atoms with Crippen molar-refractivity contribution in [2.45, 2.75) is 61.7 Å². The number of hydrogen-bond acceptors (Lipinski definition) is 6. The molecule has 6 rings (SSSR count). The van der Waals surface area contributed by atoms with E-state index >= 15 is 0 Å². The molecule has 2 N–H and O–H groups in total. The van der Waals surface area contributed by atoms with E-state index in [4.69, 9.17) is 9.47 Å². The van der Waals surface area contributed by atoms with E-state index in [2.05, 4.69) is 4.90 Å². The Morgan fingerprint density at radius 1 is 1.32 bits per heavy atom. The van der Waals surface area contributed by atoms with Gasteiger partial charge in [0.2, 0.25) is 0 Å². The van der Waals surface area contributed by atoms with Crippen LogP contribution in [0.4, 0.5) is 0 Å². The molecule has 5 aliphatic rings. The van der Waals surface area contributed by atoms with Crippen molar-refractivity contribution in [1.82, 2.24) is 4.90 Å². The molecule has 1 saturated heterocycles. The third-order valence-electron chi connectivity index (χ3n) is 8.27. The number of rotatable bonds is 3. The zero-order valence-electron chi connectivity index (χ0n) is 16.2. The summed E-state index contributed by atoms with van der Waals surface area (Å²) in [6, 6.07) is 3.71. The molecule has 3 fully saturated rings. The number of likely N-dealkylation sites (tertiary alicyclic amines) is 1. The predicted molar refractivity (Wildman–Crippen MR) is 100 cm³/mol. The van der Waals surface area contributed by atoms with Gasteiger partial charge in [-0.25, -0.2) is 0 Å². The minimum atomic E-state index is -0.943. The highest BCUT2D eigenvalue weighted by atomic mass is 16.5. The molecule has 5 atom stereocenters. The van der Waals surface area contributed by atoms with Crippen LogP contribution in [0.5, 0.6) is 11.5 Å². The number of phenolic OH excluding ortho intramolecular Hbond substituents is 1. The van der Waals surface area contributed by atoms with Gasteiger partial charge in [0.15, 0.2) is 11.5 Å². The number of methoxy groups -OCH3 is 1. The van der Waals surface area contributed by atoms with Crippen LogP contribution in [-0.4, -0.2) is 59.0 Å². The Kier molecular flexibility index (Phi) is 3.31. The fraction of sp³-hybridized carbons (Fsp3) is 0.682. The quantitative estimate of drug-likeness (QED) is 0.772. The van der Waals surface area contributed by atoms with E-state index in [9.17, 15) is 15.0 Å². The van der Waals surface area contributed by atoms with E-state index in [1.165, 1.54) is 20.0 Å². The van der Waals surface area contributed by atoms with Crippen LogP contribution in [0.15, 0.2) is 12.1 Å². The average molecular weight is 385 g/mol. The summed E-state index contributed by atoms with van der Waals surface area (Å²) in [6.45, 7) is 1.95. The Morgan fingerprint density at radius 2 is 2.14 bits per heavy atom. The van der Waals surface area contributed by atoms with Gasteiger partial charge in [-0.3, -0.25) is 9.69 Å². The first-order valence-corrected chi connectivity index (χ1v) is 10.6. The molecule has 2 saturated carbocycles. The standard InChI is InChI=1S/C22H27NO5/c1-27-20(25)14-6-7-22(26)16-10-13-4-5-15(24)18-17(13)21(22,19(14)28-18)8-9-23(16)11-12-2-3-12/h4-5,12,14,16,19,24,26H,2-3,6-11H2,1H3/t14?,16-,19?,21+,22-/m1/s1. The average Bonchev–Trinajstić information content (AvgIpc) is 3.42. The molecule has 0 radical (unpaired) electrons. The monoisotopic (exact) mass is 385 g/mol. The van der Waals surface area contributed by atoms with Crippen LogP contribution in [-0.2, 0) is 21.4 Å². The summed E-state index contributed by atoms with van der Waals surface area (Å²) in [4.78, 5) is 15.1. The summed E-state index contributed by atoms with van der Waals surface area (Å²) in [5.41, 5.74) is 0.518. The molecule has 150 valence electrons. The molecule has 6 heteroatoms. The summed E-state index contributed by atoms with van der Waals surface area (Å²) in [7, 11) is 1.41. The van der Waals surface area contributed by atoms with Gasteiger partial charge < -0.3 is 19.7 Å². The van der Waals surface area contributed by atoms with Crippen LogP contribution in [0.3, 0.4) is 0 Å². The summed E-state index contributed by atoms with van der Waals surface area (Å²) in [5.74, 6) is 0.645. The molecule has 1 spiro atoms. The summed E-state index contributed by atoms with van der Waals surface area (Å²) < 4.78 is 11.4. The van der Waals surface area contributed by atoms with Crippen LogP contribution >= 0.6 is 0 Å². The number of phenols is 1. The second kappa shape index (κ2) is 5.42. The van der Waals surface area contributed by atoms with E-state index in [-0.39, 0.29) is 17.8 Å². The van der Waals surface area contributed by atoms with Crippen LogP contribution in [0.1, 0.15) is 43.2 Å². The molecule has 2 heterocycles. The van der Waals surface area contributed by atoms with Gasteiger partial charge in [0.1, 0.15) is 6.10 Å². The maximum atomic E-state index is 12.6. The van der Waals surface area contributed by atoms with Crippen LogP contribution < -0.4 is 4.74 Å². The van der Waals surface area contributed by atoms with Crippen molar-refractivity contribution >= 4 is 5.97 Å². The zero-order valence-corrected chi connectivity index (χ0v) is 16.2. The largest absolute Gasteiger partial charge is 0.504 e. The van der Waals surface area contributed by atoms with Gasteiger partial charge in [0, 0.05) is 18.2 Å².